The molecule has 4 aromatic carbocycles. The zero-order valence-electron chi connectivity index (χ0n) is 34.9. The molecule has 326 valence electrons. The highest BCUT2D eigenvalue weighted by Crippen LogP contribution is 2.59. The number of carbonyl (C=O) groups excluding carboxylic acids is 1. The summed E-state index contributed by atoms with van der Waals surface area (Å²) in [5.74, 6) is 3.42. The summed E-state index contributed by atoms with van der Waals surface area (Å²) in [5, 5.41) is 0.0246. The molecule has 5 aromatic rings. The van der Waals surface area contributed by atoms with Crippen molar-refractivity contribution < 1.29 is 37.7 Å². The number of methoxy groups -OCH3 is 3. The first-order chi connectivity index (χ1) is 30.3. The van der Waals surface area contributed by atoms with Crippen molar-refractivity contribution in [2.45, 2.75) is 30.8 Å². The van der Waals surface area contributed by atoms with Gasteiger partial charge in [-0.2, -0.15) is 4.98 Å². The van der Waals surface area contributed by atoms with Gasteiger partial charge >= 0.3 is 5.69 Å². The summed E-state index contributed by atoms with van der Waals surface area (Å²) in [6, 6.07) is 36.4. The maximum Gasteiger partial charge on any atom is 0.351 e. The van der Waals surface area contributed by atoms with Gasteiger partial charge in [0.05, 0.1) is 27.4 Å². The van der Waals surface area contributed by atoms with Crippen LogP contribution in [-0.4, -0.2) is 91.2 Å². The van der Waals surface area contributed by atoms with Crippen molar-refractivity contribution in [2.24, 2.45) is 0 Å². The van der Waals surface area contributed by atoms with Gasteiger partial charge in [-0.05, 0) is 59.9 Å². The average molecular weight is 899 g/mol. The highest BCUT2D eigenvalue weighted by Gasteiger charge is 2.45. The summed E-state index contributed by atoms with van der Waals surface area (Å²) < 4.78 is 48.1. The second-order valence-electron chi connectivity index (χ2n) is 14.2. The molecule has 2 aliphatic heterocycles. The first-order valence-electron chi connectivity index (χ1n) is 20.3. The van der Waals surface area contributed by atoms with Crippen LogP contribution in [-0.2, 0) is 29.1 Å². The van der Waals surface area contributed by atoms with Crippen LogP contribution in [0.25, 0.3) is 0 Å². The van der Waals surface area contributed by atoms with Crippen molar-refractivity contribution >= 4 is 41.6 Å². The molecule has 1 unspecified atom stereocenters. The van der Waals surface area contributed by atoms with Crippen molar-refractivity contribution in [3.8, 4) is 11.5 Å². The van der Waals surface area contributed by atoms with Gasteiger partial charge in [0.2, 0.25) is 18.8 Å². The van der Waals surface area contributed by atoms with Crippen molar-refractivity contribution in [3.05, 3.63) is 166 Å². The van der Waals surface area contributed by atoms with Crippen molar-refractivity contribution in [1.29, 1.82) is 0 Å². The Morgan fingerprint density at radius 2 is 1.42 bits per heavy atom. The first kappa shape index (κ1) is 45.2. The molecule has 7 rings (SSSR count). The number of hydrogen-bond acceptors (Lipinski definition) is 14. The third kappa shape index (κ3) is 10.7. The molecule has 62 heavy (non-hydrogen) atoms. The Morgan fingerprint density at radius 3 is 2.02 bits per heavy atom. The molecule has 13 nitrogen and oxygen atoms in total. The summed E-state index contributed by atoms with van der Waals surface area (Å²) in [7, 11) is 3.51. The van der Waals surface area contributed by atoms with E-state index in [9.17, 15) is 9.59 Å². The Bertz CT molecular complexity index is 2250. The fourth-order valence-electron chi connectivity index (χ4n) is 7.25. The third-order valence-corrected chi connectivity index (χ3v) is 15.5. The third-order valence-electron chi connectivity index (χ3n) is 10.3. The van der Waals surface area contributed by atoms with Gasteiger partial charge in [0.1, 0.15) is 35.6 Å². The second kappa shape index (κ2) is 22.0. The van der Waals surface area contributed by atoms with Gasteiger partial charge in [0.25, 0.3) is 0 Å². The van der Waals surface area contributed by atoms with Crippen LogP contribution < -0.4 is 20.9 Å². The largest absolute Gasteiger partial charge is 0.497 e. The number of aromatic nitrogens is 2. The standard InChI is InChI=1S/C46H51N4O9PS2/c1-53-28-29-56-42-41(59-60(49-25-10-11-26-49)62-31-30-61-44(51)33-12-6-4-7-13-33)39(58-43(42)50-27-24-40(47)48-45(50)52)32-57-46(34-14-8-5-9-15-34,35-16-20-37(54-2)21-17-35)36-18-22-38(55-3)23-19-36/h4-9,12-24,27,39,43H,10-11,25-26,28-32H2,1-3H3,(H2,47,48,52)/t39-,43-,60?/m1/s1. The Kier molecular flexibility index (Phi) is 16.0. The number of nitrogen functional groups attached to an aromatic ring is 1. The van der Waals surface area contributed by atoms with Gasteiger partial charge in [-0.15, -0.1) is 0 Å². The van der Waals surface area contributed by atoms with Crippen LogP contribution in [0.5, 0.6) is 11.5 Å². The molecule has 1 aromatic heterocycles. The smallest absolute Gasteiger partial charge is 0.351 e. The lowest BCUT2D eigenvalue weighted by Crippen LogP contribution is -2.37. The first-order valence-corrected chi connectivity index (χ1v) is 24.1. The normalized spacial score (nSPS) is 17.2. The Labute approximate surface area is 371 Å². The van der Waals surface area contributed by atoms with E-state index < -0.39 is 31.1 Å². The van der Waals surface area contributed by atoms with Gasteiger partial charge in [0.15, 0.2) is 11.5 Å². The number of carbonyl (C=O) groups is 1. The van der Waals surface area contributed by atoms with E-state index in [0.29, 0.717) is 40.1 Å². The predicted molar refractivity (Wildman–Crippen MR) is 244 cm³/mol. The minimum atomic E-state index is -1.34. The average Bonchev–Trinajstić information content (AvgIpc) is 3.97. The van der Waals surface area contributed by atoms with Crippen molar-refractivity contribution in [3.63, 3.8) is 0 Å². The van der Waals surface area contributed by atoms with Gasteiger partial charge < -0.3 is 38.7 Å². The van der Waals surface area contributed by atoms with E-state index in [0.717, 1.165) is 42.6 Å². The number of nitrogens with zero attached hydrogens (tertiary/aromatic N) is 3. The van der Waals surface area contributed by atoms with E-state index in [1.54, 1.807) is 32.7 Å². The molecule has 2 N–H and O–H groups in total. The fourth-order valence-corrected chi connectivity index (χ4v) is 12.4. The Hall–Kier alpha value is -4.86. The van der Waals surface area contributed by atoms with E-state index in [-0.39, 0.29) is 30.8 Å². The summed E-state index contributed by atoms with van der Waals surface area (Å²) in [6.45, 7) is 2.08. The monoisotopic (exact) mass is 898 g/mol. The predicted octanol–water partition coefficient (Wildman–Crippen LogP) is 8.27. The van der Waals surface area contributed by atoms with Crippen LogP contribution in [0, 0.1) is 0 Å². The lowest BCUT2D eigenvalue weighted by Gasteiger charge is -2.37. The molecule has 3 atom stereocenters. The molecule has 0 spiro atoms. The maximum atomic E-state index is 13.5. The molecular weight excluding hydrogens is 848 g/mol. The molecule has 0 bridgehead atoms. The maximum absolute atomic E-state index is 13.5. The van der Waals surface area contributed by atoms with Gasteiger partial charge in [-0.25, -0.2) is 9.46 Å². The number of ether oxygens (including phenoxy) is 6. The fraction of sp³-hybridized carbons (Fsp3) is 0.326. The number of hydrogen-bond donors (Lipinski definition) is 1. The lowest BCUT2D eigenvalue weighted by atomic mass is 9.80. The minimum Gasteiger partial charge on any atom is -0.497 e. The zero-order valence-corrected chi connectivity index (χ0v) is 37.5. The summed E-state index contributed by atoms with van der Waals surface area (Å²) in [6.07, 6.45) is 1.66. The quantitative estimate of drug-likeness (QED) is 0.0428. The Balaban J connectivity index is 1.28. The van der Waals surface area contributed by atoms with E-state index in [2.05, 4.69) is 9.65 Å². The summed E-state index contributed by atoms with van der Waals surface area (Å²) >= 11 is 2.95. The molecule has 0 radical (unpaired) electrons. The van der Waals surface area contributed by atoms with E-state index >= 15 is 0 Å². The van der Waals surface area contributed by atoms with Crippen LogP contribution in [0.3, 0.4) is 0 Å². The van der Waals surface area contributed by atoms with E-state index in [1.165, 1.54) is 28.6 Å². The topological polar surface area (TPSA) is 146 Å². The van der Waals surface area contributed by atoms with Gasteiger partial charge in [0, 0.05) is 43.5 Å². The molecule has 2 aliphatic rings. The molecule has 0 amide bonds. The SMILES string of the molecule is COCCOC1=C(OP(SCCSC(=O)c2ccccc2)N2CCCC2)[C@@H](COC(c2ccccc2)(c2ccc(OC)cc2)c2ccc(OC)cc2)O[C@H]1n1ccc(N)nc1=O. The molecule has 3 heterocycles. The van der Waals surface area contributed by atoms with E-state index in [1.807, 2.05) is 109 Å². The van der Waals surface area contributed by atoms with Crippen molar-refractivity contribution in [1.82, 2.24) is 14.2 Å². The van der Waals surface area contributed by atoms with Crippen LogP contribution in [0.4, 0.5) is 5.82 Å². The Morgan fingerprint density at radius 1 is 0.806 bits per heavy atom. The van der Waals surface area contributed by atoms with Crippen LogP contribution in [0.15, 0.2) is 138 Å². The number of rotatable bonds is 21. The number of nitrogens with two attached hydrogens (primary N) is 1. The van der Waals surface area contributed by atoms with Gasteiger partial charge in [-0.1, -0.05) is 108 Å². The molecule has 0 aliphatic carbocycles. The van der Waals surface area contributed by atoms with Gasteiger partial charge in [-0.3, -0.25) is 9.36 Å². The molecule has 1 saturated heterocycles. The number of anilines is 1. The van der Waals surface area contributed by atoms with Crippen molar-refractivity contribution in [2.75, 3.05) is 71.5 Å². The van der Waals surface area contributed by atoms with Crippen LogP contribution in [0.1, 0.15) is 46.1 Å². The van der Waals surface area contributed by atoms with Crippen LogP contribution >= 0.6 is 30.6 Å². The molecular formula is C46H51N4O9PS2. The second-order valence-corrected chi connectivity index (χ2v) is 18.9. The van der Waals surface area contributed by atoms with E-state index in [4.69, 9.17) is 38.7 Å². The van der Waals surface area contributed by atoms with Crippen LogP contribution in [0.2, 0.25) is 0 Å². The molecule has 1 fully saturated rings. The molecule has 0 saturated carbocycles. The zero-order chi connectivity index (χ0) is 43.3. The number of benzene rings is 4. The number of thioether (sulfide) groups is 1. The molecule has 16 heteroatoms. The highest BCUT2D eigenvalue weighted by molar-refractivity contribution is 8.53. The summed E-state index contributed by atoms with van der Waals surface area (Å²) in [4.78, 5) is 30.5. The summed E-state index contributed by atoms with van der Waals surface area (Å²) in [5.41, 5.74) is 7.36. The lowest BCUT2D eigenvalue weighted by molar-refractivity contribution is -0.0853. The highest BCUT2D eigenvalue weighted by atomic mass is 32.7. The minimum absolute atomic E-state index is 0.0246.